The Kier molecular flexibility index (Phi) is 7.91. The maximum atomic E-state index is 12.4. The van der Waals surface area contributed by atoms with Crippen molar-refractivity contribution in [1.82, 2.24) is 4.90 Å². The smallest absolute Gasteiger partial charge is 0.303 e. The lowest BCUT2D eigenvalue weighted by Gasteiger charge is -2.23. The number of nitrogens with zero attached hydrogens (tertiary/aromatic N) is 1. The van der Waals surface area contributed by atoms with Gasteiger partial charge in [-0.1, -0.05) is 44.2 Å². The number of hydrogen-bond acceptors (Lipinski definition) is 4. The number of carboxylic acid groups (broad SMARTS) is 1. The molecule has 6 nitrogen and oxygen atoms in total. The van der Waals surface area contributed by atoms with Crippen LogP contribution in [0, 0.1) is 5.92 Å². The fraction of sp³-hybridized carbons (Fsp3) is 0.529. The minimum atomic E-state index is -3.47. The van der Waals surface area contributed by atoms with Crippen LogP contribution in [0.15, 0.2) is 30.3 Å². The summed E-state index contributed by atoms with van der Waals surface area (Å²) in [7, 11) is -3.47. The Balaban J connectivity index is 2.78. The predicted molar refractivity (Wildman–Crippen MR) is 92.2 cm³/mol. The number of hydrogen-bond donors (Lipinski definition) is 1. The first-order valence-electron chi connectivity index (χ1n) is 7.93. The lowest BCUT2D eigenvalue weighted by molar-refractivity contribution is -0.138. The lowest BCUT2D eigenvalue weighted by Crippen LogP contribution is -2.37. The molecule has 0 atom stereocenters. The normalized spacial score (nSPS) is 11.5. The molecule has 1 rings (SSSR count). The van der Waals surface area contributed by atoms with Gasteiger partial charge in [0.1, 0.15) is 5.75 Å². The first-order valence-corrected chi connectivity index (χ1v) is 9.75. The zero-order valence-corrected chi connectivity index (χ0v) is 15.0. The molecule has 0 saturated heterocycles. The number of amides is 1. The third kappa shape index (κ3) is 8.10. The summed E-state index contributed by atoms with van der Waals surface area (Å²) in [6, 6.07) is 9.23. The van der Waals surface area contributed by atoms with Crippen molar-refractivity contribution < 1.29 is 23.1 Å². The molecule has 0 fully saturated rings. The average molecular weight is 355 g/mol. The van der Waals surface area contributed by atoms with Crippen LogP contribution in [0.25, 0.3) is 0 Å². The molecule has 0 spiro atoms. The van der Waals surface area contributed by atoms with Gasteiger partial charge in [0.25, 0.3) is 0 Å². The van der Waals surface area contributed by atoms with Crippen molar-refractivity contribution in [2.75, 3.05) is 18.1 Å². The first-order chi connectivity index (χ1) is 11.2. The molecule has 0 aromatic heterocycles. The van der Waals surface area contributed by atoms with Crippen LogP contribution in [0.1, 0.15) is 32.3 Å². The highest BCUT2D eigenvalue weighted by molar-refractivity contribution is 7.92. The van der Waals surface area contributed by atoms with Crippen molar-refractivity contribution in [1.29, 1.82) is 0 Å². The second-order valence-electron chi connectivity index (χ2n) is 6.25. The maximum Gasteiger partial charge on any atom is 0.303 e. The Morgan fingerprint density at radius 2 is 1.79 bits per heavy atom. The van der Waals surface area contributed by atoms with Crippen LogP contribution in [-0.4, -0.2) is 48.4 Å². The molecule has 7 heteroatoms. The second kappa shape index (κ2) is 9.42. The van der Waals surface area contributed by atoms with Crippen LogP contribution in [0.3, 0.4) is 0 Å². The largest absolute Gasteiger partial charge is 0.481 e. The molecular formula is C17H25NO5S. The van der Waals surface area contributed by atoms with Crippen LogP contribution in [-0.2, 0) is 26.0 Å². The molecule has 1 aromatic rings. The quantitative estimate of drug-likeness (QED) is 0.692. The van der Waals surface area contributed by atoms with Crippen LogP contribution in [0.5, 0.6) is 0 Å². The van der Waals surface area contributed by atoms with E-state index in [0.29, 0.717) is 0 Å². The topological polar surface area (TPSA) is 91.8 Å². The zero-order valence-electron chi connectivity index (χ0n) is 14.1. The third-order valence-corrected chi connectivity index (χ3v) is 5.18. The van der Waals surface area contributed by atoms with E-state index >= 15 is 0 Å². The number of carboxylic acids is 1. The van der Waals surface area contributed by atoms with E-state index in [2.05, 4.69) is 0 Å². The molecule has 0 saturated carbocycles. The lowest BCUT2D eigenvalue weighted by atomic mass is 10.2. The average Bonchev–Trinajstić information content (AvgIpc) is 2.44. The molecule has 24 heavy (non-hydrogen) atoms. The monoisotopic (exact) mass is 355 g/mol. The summed E-state index contributed by atoms with van der Waals surface area (Å²) in [6.45, 7) is 4.07. The molecule has 0 radical (unpaired) electrons. The molecule has 1 amide bonds. The molecule has 0 aliphatic rings. The summed E-state index contributed by atoms with van der Waals surface area (Å²) in [5.74, 6) is -2.03. The number of rotatable bonds is 10. The van der Waals surface area contributed by atoms with E-state index in [-0.39, 0.29) is 37.6 Å². The molecule has 0 aliphatic carbocycles. The molecule has 0 unspecified atom stereocenters. The fourth-order valence-electron chi connectivity index (χ4n) is 2.36. The molecule has 1 aromatic carbocycles. The number of sulfone groups is 1. The summed E-state index contributed by atoms with van der Waals surface area (Å²) >= 11 is 0. The van der Waals surface area contributed by atoms with Gasteiger partial charge in [-0.3, -0.25) is 9.59 Å². The Labute approximate surface area is 143 Å². The van der Waals surface area contributed by atoms with Gasteiger partial charge in [0.05, 0.1) is 5.75 Å². The molecule has 0 bridgehead atoms. The van der Waals surface area contributed by atoms with E-state index in [0.717, 1.165) is 5.56 Å². The highest BCUT2D eigenvalue weighted by Gasteiger charge is 2.23. The van der Waals surface area contributed by atoms with E-state index in [1.54, 1.807) is 13.8 Å². The van der Waals surface area contributed by atoms with Crippen molar-refractivity contribution in [3.05, 3.63) is 35.9 Å². The Hall–Kier alpha value is -1.89. The summed E-state index contributed by atoms with van der Waals surface area (Å²) in [5.41, 5.74) is 0.877. The Morgan fingerprint density at radius 1 is 1.17 bits per heavy atom. The van der Waals surface area contributed by atoms with E-state index in [4.69, 9.17) is 5.11 Å². The Morgan fingerprint density at radius 3 is 2.33 bits per heavy atom. The second-order valence-corrected chi connectivity index (χ2v) is 8.36. The van der Waals surface area contributed by atoms with Gasteiger partial charge in [0, 0.05) is 19.5 Å². The van der Waals surface area contributed by atoms with Gasteiger partial charge in [-0.05, 0) is 17.9 Å². The van der Waals surface area contributed by atoms with Crippen molar-refractivity contribution in [3.8, 4) is 0 Å². The Bertz CT molecular complexity index is 640. The van der Waals surface area contributed by atoms with Crippen molar-refractivity contribution in [2.24, 2.45) is 5.92 Å². The third-order valence-electron chi connectivity index (χ3n) is 3.32. The first kappa shape index (κ1) is 20.2. The van der Waals surface area contributed by atoms with E-state index < -0.39 is 27.5 Å². The summed E-state index contributed by atoms with van der Waals surface area (Å²) in [5, 5.41) is 8.74. The van der Waals surface area contributed by atoms with Gasteiger partial charge >= 0.3 is 5.97 Å². The van der Waals surface area contributed by atoms with Crippen LogP contribution < -0.4 is 0 Å². The molecular weight excluding hydrogens is 330 g/mol. The van der Waals surface area contributed by atoms with Gasteiger partial charge in [-0.2, -0.15) is 0 Å². The maximum absolute atomic E-state index is 12.4. The minimum Gasteiger partial charge on any atom is -0.481 e. The SMILES string of the molecule is CC(C)CS(=O)(=O)CC(=O)N(CCCC(=O)O)Cc1ccccc1. The highest BCUT2D eigenvalue weighted by atomic mass is 32.2. The van der Waals surface area contributed by atoms with Crippen LogP contribution in [0.2, 0.25) is 0 Å². The molecule has 0 aliphatic heterocycles. The van der Waals surface area contributed by atoms with E-state index in [1.807, 2.05) is 30.3 Å². The van der Waals surface area contributed by atoms with Crippen molar-refractivity contribution in [2.45, 2.75) is 33.2 Å². The summed E-state index contributed by atoms with van der Waals surface area (Å²) < 4.78 is 24.1. The standard InChI is InChI=1S/C17H25NO5S/c1-14(2)12-24(22,23)13-16(19)18(10-6-9-17(20)21)11-15-7-4-3-5-8-15/h3-5,7-8,14H,6,9-13H2,1-2H3,(H,20,21). The van der Waals surface area contributed by atoms with Gasteiger partial charge in [0.2, 0.25) is 5.91 Å². The van der Waals surface area contributed by atoms with Crippen LogP contribution in [0.4, 0.5) is 0 Å². The van der Waals surface area contributed by atoms with E-state index in [9.17, 15) is 18.0 Å². The minimum absolute atomic E-state index is 0.0347. The fourth-order valence-corrected chi connectivity index (χ4v) is 4.06. The molecule has 0 heterocycles. The molecule has 134 valence electrons. The summed E-state index contributed by atoms with van der Waals surface area (Å²) in [4.78, 5) is 24.5. The summed E-state index contributed by atoms with van der Waals surface area (Å²) in [6.07, 6.45) is 0.232. The van der Waals surface area contributed by atoms with Crippen molar-refractivity contribution >= 4 is 21.7 Å². The zero-order chi connectivity index (χ0) is 18.2. The van der Waals surface area contributed by atoms with Gasteiger partial charge in [0.15, 0.2) is 9.84 Å². The highest BCUT2D eigenvalue weighted by Crippen LogP contribution is 2.09. The van der Waals surface area contributed by atoms with Gasteiger partial charge in [-0.25, -0.2) is 8.42 Å². The number of carbonyl (C=O) groups is 2. The van der Waals surface area contributed by atoms with E-state index in [1.165, 1.54) is 4.90 Å². The van der Waals surface area contributed by atoms with Gasteiger partial charge in [-0.15, -0.1) is 0 Å². The molecule has 1 N–H and O–H groups in total. The van der Waals surface area contributed by atoms with Gasteiger partial charge < -0.3 is 10.0 Å². The van der Waals surface area contributed by atoms with Crippen molar-refractivity contribution in [3.63, 3.8) is 0 Å². The van der Waals surface area contributed by atoms with Crippen LogP contribution >= 0.6 is 0 Å². The number of carbonyl (C=O) groups excluding carboxylic acids is 1. The predicted octanol–water partition coefficient (Wildman–Crippen LogP) is 1.95. The number of benzene rings is 1. The number of aliphatic carboxylic acids is 1.